The van der Waals surface area contributed by atoms with Gasteiger partial charge in [0.1, 0.15) is 4.90 Å². The lowest BCUT2D eigenvalue weighted by atomic mass is 10.5. The smallest absolute Gasteiger partial charge is 0.248 e. The van der Waals surface area contributed by atoms with Gasteiger partial charge in [0.15, 0.2) is 0 Å². The van der Waals surface area contributed by atoms with Gasteiger partial charge in [-0.2, -0.15) is 16.1 Å². The van der Waals surface area contributed by atoms with Gasteiger partial charge in [0.25, 0.3) is 0 Å². The summed E-state index contributed by atoms with van der Waals surface area (Å²) in [6.45, 7) is 0.947. The van der Waals surface area contributed by atoms with Crippen molar-refractivity contribution in [3.05, 3.63) is 28.7 Å². The number of thioether (sulfide) groups is 1. The van der Waals surface area contributed by atoms with Gasteiger partial charge < -0.3 is 4.98 Å². The maximum absolute atomic E-state index is 12.1. The van der Waals surface area contributed by atoms with Crippen LogP contribution in [0.15, 0.2) is 28.2 Å². The summed E-state index contributed by atoms with van der Waals surface area (Å²) in [5.41, 5.74) is -0.461. The summed E-state index contributed by atoms with van der Waals surface area (Å²) in [6, 6.07) is 1.23. The van der Waals surface area contributed by atoms with Crippen LogP contribution in [0.5, 0.6) is 0 Å². The maximum atomic E-state index is 12.1. The highest BCUT2D eigenvalue weighted by molar-refractivity contribution is 7.99. The van der Waals surface area contributed by atoms with E-state index in [0.717, 1.165) is 11.5 Å². The van der Waals surface area contributed by atoms with E-state index in [4.69, 9.17) is 0 Å². The molecule has 16 heavy (non-hydrogen) atoms. The van der Waals surface area contributed by atoms with E-state index in [0.29, 0.717) is 13.1 Å². The zero-order chi connectivity index (χ0) is 11.6. The van der Waals surface area contributed by atoms with Crippen LogP contribution in [0.3, 0.4) is 0 Å². The summed E-state index contributed by atoms with van der Waals surface area (Å²) in [5.74, 6) is 1.56. The second-order valence-electron chi connectivity index (χ2n) is 3.39. The Balaban J connectivity index is 2.39. The summed E-state index contributed by atoms with van der Waals surface area (Å²) in [7, 11) is -3.62. The minimum atomic E-state index is -3.62. The molecule has 1 N–H and O–H groups in total. The molecule has 0 spiro atoms. The molecule has 0 bridgehead atoms. The largest absolute Gasteiger partial charge is 0.366 e. The molecule has 0 unspecified atom stereocenters. The van der Waals surface area contributed by atoms with Gasteiger partial charge in [0.05, 0.1) is 0 Å². The topological polar surface area (TPSA) is 70.2 Å². The molecule has 1 aliphatic rings. The summed E-state index contributed by atoms with van der Waals surface area (Å²) in [6.07, 6.45) is 2.67. The number of nitrogens with one attached hydrogen (secondary N) is 1. The Morgan fingerprint density at radius 1 is 1.31 bits per heavy atom. The molecule has 0 radical (unpaired) electrons. The first kappa shape index (κ1) is 11.7. The normalized spacial score (nSPS) is 18.5. The van der Waals surface area contributed by atoms with E-state index in [2.05, 4.69) is 4.98 Å². The molecule has 2 rings (SSSR count). The second kappa shape index (κ2) is 4.60. The van der Waals surface area contributed by atoms with Crippen LogP contribution in [0.4, 0.5) is 0 Å². The highest BCUT2D eigenvalue weighted by Gasteiger charge is 2.27. The first-order valence-electron chi connectivity index (χ1n) is 4.87. The van der Waals surface area contributed by atoms with E-state index in [9.17, 15) is 13.2 Å². The molecule has 1 aromatic heterocycles. The van der Waals surface area contributed by atoms with Crippen molar-refractivity contribution in [2.75, 3.05) is 24.6 Å². The predicted octanol–water partition coefficient (Wildman–Crippen LogP) is 0.112. The van der Waals surface area contributed by atoms with Crippen molar-refractivity contribution in [2.24, 2.45) is 0 Å². The van der Waals surface area contributed by atoms with Crippen LogP contribution in [0.1, 0.15) is 0 Å². The number of H-pyrrole nitrogens is 1. The molecule has 0 saturated carbocycles. The van der Waals surface area contributed by atoms with Crippen molar-refractivity contribution < 1.29 is 8.42 Å². The van der Waals surface area contributed by atoms with Gasteiger partial charge in [0, 0.05) is 43.1 Å². The van der Waals surface area contributed by atoms with Gasteiger partial charge in [-0.05, 0) is 0 Å². The Morgan fingerprint density at radius 3 is 2.62 bits per heavy atom. The van der Waals surface area contributed by atoms with Crippen molar-refractivity contribution in [3.8, 4) is 0 Å². The lowest BCUT2D eigenvalue weighted by Gasteiger charge is -2.25. The number of nitrogens with zero attached hydrogens (tertiary/aromatic N) is 1. The molecule has 0 atom stereocenters. The summed E-state index contributed by atoms with van der Waals surface area (Å²) in [4.78, 5) is 13.9. The van der Waals surface area contributed by atoms with Crippen LogP contribution >= 0.6 is 11.8 Å². The Morgan fingerprint density at radius 2 is 2.00 bits per heavy atom. The van der Waals surface area contributed by atoms with Gasteiger partial charge in [-0.1, -0.05) is 0 Å². The first-order chi connectivity index (χ1) is 7.62. The Kier molecular flexibility index (Phi) is 3.36. The first-order valence-corrected chi connectivity index (χ1v) is 7.47. The SMILES string of the molecule is O=c1cc[nH]cc1S(=O)(=O)N1CCSCC1. The van der Waals surface area contributed by atoms with E-state index in [-0.39, 0.29) is 4.90 Å². The zero-order valence-corrected chi connectivity index (χ0v) is 10.2. The van der Waals surface area contributed by atoms with Crippen LogP contribution in [-0.4, -0.2) is 42.3 Å². The number of hydrogen-bond acceptors (Lipinski definition) is 4. The highest BCUT2D eigenvalue weighted by Crippen LogP contribution is 2.17. The maximum Gasteiger partial charge on any atom is 0.248 e. The third-order valence-electron chi connectivity index (χ3n) is 2.38. The minimum absolute atomic E-state index is 0.165. The van der Waals surface area contributed by atoms with Crippen LogP contribution < -0.4 is 5.43 Å². The lowest BCUT2D eigenvalue weighted by Crippen LogP contribution is -2.39. The molecule has 1 aliphatic heterocycles. The Labute approximate surface area is 97.9 Å². The fraction of sp³-hybridized carbons (Fsp3) is 0.444. The van der Waals surface area contributed by atoms with Gasteiger partial charge in [-0.3, -0.25) is 4.79 Å². The Hall–Kier alpha value is -0.790. The molecule has 1 saturated heterocycles. The minimum Gasteiger partial charge on any atom is -0.366 e. The number of pyridine rings is 1. The number of hydrogen-bond donors (Lipinski definition) is 1. The van der Waals surface area contributed by atoms with E-state index < -0.39 is 15.5 Å². The van der Waals surface area contributed by atoms with E-state index in [1.165, 1.54) is 22.8 Å². The van der Waals surface area contributed by atoms with E-state index in [1.807, 2.05) is 0 Å². The van der Waals surface area contributed by atoms with Crippen molar-refractivity contribution in [1.29, 1.82) is 0 Å². The number of aromatic nitrogens is 1. The van der Waals surface area contributed by atoms with E-state index in [1.54, 1.807) is 11.8 Å². The predicted molar refractivity (Wildman–Crippen MR) is 63.1 cm³/mol. The molecule has 0 aliphatic carbocycles. The highest BCUT2D eigenvalue weighted by atomic mass is 32.2. The van der Waals surface area contributed by atoms with Crippen LogP contribution in [0.25, 0.3) is 0 Å². The number of aromatic amines is 1. The average molecular weight is 260 g/mol. The molecule has 5 nitrogen and oxygen atoms in total. The Bertz CT molecular complexity index is 518. The van der Waals surface area contributed by atoms with E-state index >= 15 is 0 Å². The van der Waals surface area contributed by atoms with Crippen molar-refractivity contribution >= 4 is 21.8 Å². The molecule has 1 aromatic rings. The average Bonchev–Trinajstić information content (AvgIpc) is 2.30. The third kappa shape index (κ3) is 2.16. The van der Waals surface area contributed by atoms with Gasteiger partial charge in [0.2, 0.25) is 15.5 Å². The summed E-state index contributed by atoms with van der Waals surface area (Å²) in [5, 5.41) is 0. The molecule has 0 amide bonds. The quantitative estimate of drug-likeness (QED) is 0.819. The fourth-order valence-corrected chi connectivity index (χ4v) is 4.14. The molecule has 1 fully saturated rings. The van der Waals surface area contributed by atoms with Gasteiger partial charge in [-0.15, -0.1) is 0 Å². The van der Waals surface area contributed by atoms with Gasteiger partial charge in [-0.25, -0.2) is 8.42 Å². The fourth-order valence-electron chi connectivity index (χ4n) is 1.53. The second-order valence-corrected chi connectivity index (χ2v) is 6.52. The van der Waals surface area contributed by atoms with Crippen LogP contribution in [0.2, 0.25) is 0 Å². The zero-order valence-electron chi connectivity index (χ0n) is 8.55. The molecular weight excluding hydrogens is 248 g/mol. The third-order valence-corrected chi connectivity index (χ3v) is 5.24. The molecule has 7 heteroatoms. The van der Waals surface area contributed by atoms with Crippen LogP contribution in [0, 0.1) is 0 Å². The number of rotatable bonds is 2. The summed E-state index contributed by atoms with van der Waals surface area (Å²) < 4.78 is 25.6. The number of sulfonamides is 1. The lowest BCUT2D eigenvalue weighted by molar-refractivity contribution is 0.443. The molecule has 88 valence electrons. The van der Waals surface area contributed by atoms with Crippen LogP contribution in [-0.2, 0) is 10.0 Å². The van der Waals surface area contributed by atoms with Gasteiger partial charge >= 0.3 is 0 Å². The van der Waals surface area contributed by atoms with Crippen molar-refractivity contribution in [3.63, 3.8) is 0 Å². The van der Waals surface area contributed by atoms with Crippen molar-refractivity contribution in [2.45, 2.75) is 4.90 Å². The standard InChI is InChI=1S/C9H12N2O3S2/c12-8-1-2-10-7-9(8)16(13,14)11-3-5-15-6-4-11/h1-2,7H,3-6H2,(H,10,12). The van der Waals surface area contributed by atoms with Crippen molar-refractivity contribution in [1.82, 2.24) is 9.29 Å². The monoisotopic (exact) mass is 260 g/mol. The summed E-state index contributed by atoms with van der Waals surface area (Å²) >= 11 is 1.72. The molecule has 2 heterocycles. The molecule has 0 aromatic carbocycles. The molecular formula is C9H12N2O3S2.